The van der Waals surface area contributed by atoms with Crippen molar-refractivity contribution >= 4 is 21.4 Å². The second-order valence-corrected chi connectivity index (χ2v) is 12.4. The number of halogens is 2. The fourth-order valence-corrected chi connectivity index (χ4v) is 7.21. The minimum Gasteiger partial charge on any atom is -0.490 e. The molecule has 6 heterocycles. The van der Waals surface area contributed by atoms with Crippen LogP contribution in [0.4, 0.5) is 8.78 Å². The number of fused-ring (bicyclic) bond motifs is 3. The molecule has 2 atom stereocenters. The summed E-state index contributed by atoms with van der Waals surface area (Å²) in [5, 5.41) is 11.2. The zero-order valence-corrected chi connectivity index (χ0v) is 26.0. The van der Waals surface area contributed by atoms with E-state index in [9.17, 15) is 4.39 Å². The molecule has 2 aliphatic rings. The molecule has 1 aromatic carbocycles. The largest absolute Gasteiger partial charge is 0.490 e. The van der Waals surface area contributed by atoms with Gasteiger partial charge in [-0.25, -0.2) is 13.8 Å². The number of nitrogens with one attached hydrogen (secondary N) is 1. The third-order valence-corrected chi connectivity index (χ3v) is 9.71. The molecule has 8 nitrogen and oxygen atoms in total. The summed E-state index contributed by atoms with van der Waals surface area (Å²) < 4.78 is 44.5. The van der Waals surface area contributed by atoms with Gasteiger partial charge in [0.2, 0.25) is 0 Å². The molecule has 44 heavy (non-hydrogen) atoms. The van der Waals surface area contributed by atoms with Crippen molar-refractivity contribution in [2.45, 2.75) is 38.9 Å². The van der Waals surface area contributed by atoms with Gasteiger partial charge in [-0.3, -0.25) is 14.6 Å². The minimum absolute atomic E-state index is 0.0918. The lowest BCUT2D eigenvalue weighted by Crippen LogP contribution is -2.31. The number of ether oxygens (including phenoxy) is 2. The molecule has 11 heteroatoms. The number of thiophene rings is 1. The van der Waals surface area contributed by atoms with Crippen molar-refractivity contribution in [3.8, 4) is 39.5 Å². The average molecular weight is 617 g/mol. The van der Waals surface area contributed by atoms with Crippen LogP contribution in [0.3, 0.4) is 0 Å². The van der Waals surface area contributed by atoms with Gasteiger partial charge in [-0.05, 0) is 50.0 Å². The van der Waals surface area contributed by atoms with Crippen LogP contribution in [-0.4, -0.2) is 65.1 Å². The number of hydrogen-bond donors (Lipinski definition) is 1. The predicted molar refractivity (Wildman–Crippen MR) is 168 cm³/mol. The van der Waals surface area contributed by atoms with Crippen LogP contribution in [0.15, 0.2) is 41.9 Å². The van der Waals surface area contributed by atoms with Gasteiger partial charge in [-0.2, -0.15) is 5.10 Å². The van der Waals surface area contributed by atoms with Crippen molar-refractivity contribution in [1.29, 1.82) is 0 Å². The first-order chi connectivity index (χ1) is 21.3. The molecule has 2 aliphatic heterocycles. The van der Waals surface area contributed by atoms with E-state index in [0.717, 1.165) is 58.3 Å². The Hall–Kier alpha value is -3.77. The zero-order valence-electron chi connectivity index (χ0n) is 25.2. The summed E-state index contributed by atoms with van der Waals surface area (Å²) in [4.78, 5) is 12.5. The molecule has 1 N–H and O–H groups in total. The van der Waals surface area contributed by atoms with E-state index in [1.165, 1.54) is 23.0 Å². The summed E-state index contributed by atoms with van der Waals surface area (Å²) in [5.74, 6) is -1.36. The summed E-state index contributed by atoms with van der Waals surface area (Å²) in [5.41, 5.74) is 6.75. The van der Waals surface area contributed by atoms with E-state index in [1.807, 2.05) is 28.4 Å². The van der Waals surface area contributed by atoms with E-state index in [-0.39, 0.29) is 36.6 Å². The number of pyridine rings is 2. The number of aromatic nitrogens is 4. The monoisotopic (exact) mass is 616 g/mol. The van der Waals surface area contributed by atoms with Crippen LogP contribution in [0.2, 0.25) is 0 Å². The van der Waals surface area contributed by atoms with Gasteiger partial charge >= 0.3 is 0 Å². The fourth-order valence-electron chi connectivity index (χ4n) is 6.30. The standard InChI is InChI=1S/C33H34F2N6O2S/c1-18-27-16-26(39-41(27)9-7-36-18)32-29(30-24(35)14-21(34)15-28(30)43-11-10-42-4)22-6-12-44-33(22)31(38-32)20-13-23-19(2)40(3)8-5-25(23)37-17-20/h6,12-19,36H,5,7-11H2,1-4H3/t18-,19+/m0/s1. The van der Waals surface area contributed by atoms with Crippen molar-refractivity contribution in [1.82, 2.24) is 30.0 Å². The molecule has 7 rings (SSSR count). The van der Waals surface area contributed by atoms with Crippen LogP contribution in [-0.2, 0) is 17.7 Å². The van der Waals surface area contributed by atoms with Crippen LogP contribution in [0, 0.1) is 11.6 Å². The van der Waals surface area contributed by atoms with E-state index in [0.29, 0.717) is 23.5 Å². The Morgan fingerprint density at radius 2 is 1.93 bits per heavy atom. The van der Waals surface area contributed by atoms with Gasteiger partial charge in [0.05, 0.1) is 34.8 Å². The molecule has 0 fully saturated rings. The molecule has 4 aromatic heterocycles. The molecule has 0 unspecified atom stereocenters. The van der Waals surface area contributed by atoms with E-state index in [1.54, 1.807) is 7.11 Å². The summed E-state index contributed by atoms with van der Waals surface area (Å²) >= 11 is 1.53. The molecule has 0 spiro atoms. The molecular weight excluding hydrogens is 582 g/mol. The summed E-state index contributed by atoms with van der Waals surface area (Å²) in [6.45, 7) is 7.16. The maximum atomic E-state index is 16.0. The van der Waals surface area contributed by atoms with Gasteiger partial charge in [-0.1, -0.05) is 0 Å². The highest BCUT2D eigenvalue weighted by Crippen LogP contribution is 2.47. The summed E-state index contributed by atoms with van der Waals surface area (Å²) in [7, 11) is 3.68. The van der Waals surface area contributed by atoms with Gasteiger partial charge in [0.15, 0.2) is 0 Å². The Morgan fingerprint density at radius 3 is 2.75 bits per heavy atom. The molecule has 0 aliphatic carbocycles. The average Bonchev–Trinajstić information content (AvgIpc) is 3.67. The van der Waals surface area contributed by atoms with Gasteiger partial charge < -0.3 is 14.8 Å². The highest BCUT2D eigenvalue weighted by molar-refractivity contribution is 7.17. The highest BCUT2D eigenvalue weighted by Gasteiger charge is 2.29. The van der Waals surface area contributed by atoms with Crippen LogP contribution >= 0.6 is 11.3 Å². The van der Waals surface area contributed by atoms with E-state index in [2.05, 4.69) is 37.2 Å². The molecular formula is C33H34F2N6O2S. The van der Waals surface area contributed by atoms with Crippen molar-refractivity contribution in [3.63, 3.8) is 0 Å². The minimum atomic E-state index is -0.730. The molecule has 228 valence electrons. The second-order valence-electron chi connectivity index (χ2n) is 11.5. The smallest absolute Gasteiger partial charge is 0.137 e. The first kappa shape index (κ1) is 29.0. The maximum absolute atomic E-state index is 16.0. The lowest BCUT2D eigenvalue weighted by atomic mass is 9.93. The Labute approximate surface area is 258 Å². The number of methoxy groups -OCH3 is 1. The van der Waals surface area contributed by atoms with Gasteiger partial charge in [0, 0.05) is 79.2 Å². The third-order valence-electron chi connectivity index (χ3n) is 8.79. The molecule has 5 aromatic rings. The summed E-state index contributed by atoms with van der Waals surface area (Å²) in [6.07, 6.45) is 2.79. The lowest BCUT2D eigenvalue weighted by molar-refractivity contribution is 0.146. The van der Waals surface area contributed by atoms with Crippen molar-refractivity contribution in [2.24, 2.45) is 0 Å². The van der Waals surface area contributed by atoms with Gasteiger partial charge in [0.1, 0.15) is 35.4 Å². The van der Waals surface area contributed by atoms with Crippen LogP contribution < -0.4 is 10.1 Å². The molecule has 0 radical (unpaired) electrons. The van der Waals surface area contributed by atoms with Crippen LogP contribution in [0.5, 0.6) is 5.75 Å². The van der Waals surface area contributed by atoms with E-state index >= 15 is 4.39 Å². The predicted octanol–water partition coefficient (Wildman–Crippen LogP) is 6.41. The van der Waals surface area contributed by atoms with Gasteiger partial charge in [-0.15, -0.1) is 11.3 Å². The van der Waals surface area contributed by atoms with Crippen molar-refractivity contribution in [3.05, 3.63) is 70.5 Å². The van der Waals surface area contributed by atoms with Crippen LogP contribution in [0.1, 0.15) is 42.9 Å². The van der Waals surface area contributed by atoms with Crippen molar-refractivity contribution < 1.29 is 18.3 Å². The van der Waals surface area contributed by atoms with Crippen molar-refractivity contribution in [2.75, 3.05) is 40.5 Å². The fraction of sp³-hybridized carbons (Fsp3) is 0.364. The Kier molecular flexibility index (Phi) is 7.65. The lowest BCUT2D eigenvalue weighted by Gasteiger charge is -2.31. The number of benzene rings is 1. The zero-order chi connectivity index (χ0) is 30.5. The molecule has 0 saturated carbocycles. The number of hydrogen-bond acceptors (Lipinski definition) is 8. The Morgan fingerprint density at radius 1 is 1.07 bits per heavy atom. The number of rotatable bonds is 7. The highest BCUT2D eigenvalue weighted by atomic mass is 32.1. The van der Waals surface area contributed by atoms with Crippen LogP contribution in [0.25, 0.3) is 43.9 Å². The molecule has 0 saturated heterocycles. The first-order valence-electron chi connectivity index (χ1n) is 14.9. The molecule has 0 amide bonds. The maximum Gasteiger partial charge on any atom is 0.137 e. The molecule has 0 bridgehead atoms. The second kappa shape index (κ2) is 11.6. The SMILES string of the molecule is COCCOc1cc(F)cc(F)c1-c1c(-c2cc3n(n2)CCN[C@H]3C)nc(-c2cnc3c(c2)[C@@H](C)N(C)CC3)c2sccc12. The Bertz CT molecular complexity index is 1870. The first-order valence-corrected chi connectivity index (χ1v) is 15.7. The van der Waals surface area contributed by atoms with E-state index < -0.39 is 11.6 Å². The van der Waals surface area contributed by atoms with E-state index in [4.69, 9.17) is 24.5 Å². The number of nitrogens with zero attached hydrogens (tertiary/aromatic N) is 5. The number of likely N-dealkylation sites (N-methyl/N-ethyl adjacent to an activating group) is 1. The topological polar surface area (TPSA) is 77.3 Å². The quantitative estimate of drug-likeness (QED) is 0.212. The normalized spacial score (nSPS) is 18.4. The third kappa shape index (κ3) is 4.97. The Balaban J connectivity index is 1.50. The summed E-state index contributed by atoms with van der Waals surface area (Å²) in [6, 6.07) is 8.60. The van der Waals surface area contributed by atoms with Gasteiger partial charge in [0.25, 0.3) is 0 Å².